The zero-order valence-electron chi connectivity index (χ0n) is 26.8. The first-order valence-electron chi connectivity index (χ1n) is 15.6. The van der Waals surface area contributed by atoms with Crippen molar-refractivity contribution in [2.45, 2.75) is 25.4 Å². The number of thioether (sulfide) groups is 1. The molecule has 4 N–H and O–H groups in total. The number of hydrogen-bond donors (Lipinski definition) is 4. The Bertz CT molecular complexity index is 1240. The Morgan fingerprint density at radius 2 is 1.28 bits per heavy atom. The molecule has 1 saturated heterocycles. The van der Waals surface area contributed by atoms with Gasteiger partial charge in [-0.25, -0.2) is 0 Å². The number of carboxylic acid groups (broad SMARTS) is 3. The summed E-state index contributed by atoms with van der Waals surface area (Å²) in [5.41, 5.74) is 2.15. The lowest BCUT2D eigenvalue weighted by Gasteiger charge is -2.35. The van der Waals surface area contributed by atoms with Gasteiger partial charge >= 0.3 is 17.9 Å². The minimum Gasteiger partial charge on any atom is -0.480 e. The molecule has 2 heterocycles. The highest BCUT2D eigenvalue weighted by Crippen LogP contribution is 2.23. The van der Waals surface area contributed by atoms with E-state index in [4.69, 9.17) is 0 Å². The van der Waals surface area contributed by atoms with Gasteiger partial charge in [-0.3, -0.25) is 48.4 Å². The first-order valence-corrected chi connectivity index (χ1v) is 17.0. The molecule has 1 radical (unpaired) electrons. The lowest BCUT2D eigenvalue weighted by molar-refractivity contribution is -0.140. The van der Waals surface area contributed by atoms with Gasteiger partial charge in [0.05, 0.1) is 32.2 Å². The van der Waals surface area contributed by atoms with Crippen molar-refractivity contribution >= 4 is 47.8 Å². The van der Waals surface area contributed by atoms with Crippen molar-refractivity contribution in [1.29, 1.82) is 0 Å². The van der Waals surface area contributed by atoms with E-state index in [9.17, 15) is 44.1 Å². The number of nitrogens with one attached hydrogen (secondary N) is 1. The molecule has 0 aliphatic carbocycles. The van der Waals surface area contributed by atoms with Gasteiger partial charge in [-0.1, -0.05) is 12.1 Å². The van der Waals surface area contributed by atoms with E-state index in [0.29, 0.717) is 89.6 Å². The maximum atomic E-state index is 13.6. The van der Waals surface area contributed by atoms with Crippen LogP contribution in [0.3, 0.4) is 0 Å². The molecule has 0 spiro atoms. The minimum atomic E-state index is -1.02. The largest absolute Gasteiger partial charge is 0.480 e. The average Bonchev–Trinajstić information content (AvgIpc) is 3.02. The SMILES string of the molecule is CSCC[C@@H]([C]=O)NC(=O)c1cccc2c1CCN(C(=O)CN1CCN(CC(=O)O)CCN(CC(=O)O)CCN(CC(=O)O)CC1)C2. The first kappa shape index (κ1) is 37.9. The van der Waals surface area contributed by atoms with Crippen LogP contribution >= 0.6 is 11.8 Å². The van der Waals surface area contributed by atoms with Crippen LogP contribution in [0, 0.1) is 0 Å². The van der Waals surface area contributed by atoms with Crippen LogP contribution < -0.4 is 5.32 Å². The van der Waals surface area contributed by atoms with Crippen LogP contribution in [0.25, 0.3) is 0 Å². The summed E-state index contributed by atoms with van der Waals surface area (Å²) in [7, 11) is 0. The Balaban J connectivity index is 1.71. The molecule has 2 aliphatic heterocycles. The van der Waals surface area contributed by atoms with Crippen molar-refractivity contribution in [3.05, 3.63) is 34.9 Å². The highest BCUT2D eigenvalue weighted by atomic mass is 32.2. The van der Waals surface area contributed by atoms with E-state index in [-0.39, 0.29) is 38.0 Å². The topological polar surface area (TPSA) is 191 Å². The molecule has 47 heavy (non-hydrogen) atoms. The Morgan fingerprint density at radius 1 is 0.787 bits per heavy atom. The van der Waals surface area contributed by atoms with Gasteiger partial charge in [-0.2, -0.15) is 11.8 Å². The van der Waals surface area contributed by atoms with Crippen molar-refractivity contribution in [3.63, 3.8) is 0 Å². The summed E-state index contributed by atoms with van der Waals surface area (Å²) < 4.78 is 0. The zero-order chi connectivity index (χ0) is 34.3. The van der Waals surface area contributed by atoms with Crippen LogP contribution in [0.5, 0.6) is 0 Å². The normalized spacial score (nSPS) is 18.3. The van der Waals surface area contributed by atoms with Crippen molar-refractivity contribution in [3.8, 4) is 0 Å². The van der Waals surface area contributed by atoms with Gasteiger partial charge in [-0.15, -0.1) is 0 Å². The van der Waals surface area contributed by atoms with Gasteiger partial charge in [-0.05, 0) is 42.0 Å². The van der Waals surface area contributed by atoms with Crippen molar-refractivity contribution in [1.82, 2.24) is 29.8 Å². The van der Waals surface area contributed by atoms with E-state index in [0.717, 1.165) is 11.1 Å². The molecular formula is C31H45N6O9S. The third-order valence-electron chi connectivity index (χ3n) is 8.29. The van der Waals surface area contributed by atoms with Crippen LogP contribution in [0.2, 0.25) is 0 Å². The summed E-state index contributed by atoms with van der Waals surface area (Å²) in [5, 5.41) is 31.0. The van der Waals surface area contributed by atoms with Gasteiger partial charge in [0, 0.05) is 71.0 Å². The summed E-state index contributed by atoms with van der Waals surface area (Å²) >= 11 is 1.58. The molecule has 0 aromatic heterocycles. The number of fused-ring (bicyclic) bond motifs is 1. The molecule has 16 heteroatoms. The Kier molecular flexibility index (Phi) is 15.6. The van der Waals surface area contributed by atoms with Gasteiger partial charge in [0.25, 0.3) is 5.91 Å². The van der Waals surface area contributed by atoms with Gasteiger partial charge in [0.2, 0.25) is 12.2 Å². The number of amides is 2. The zero-order valence-corrected chi connectivity index (χ0v) is 27.6. The Labute approximate surface area is 278 Å². The fraction of sp³-hybridized carbons (Fsp3) is 0.613. The number of carboxylic acids is 3. The molecule has 0 unspecified atom stereocenters. The number of benzene rings is 1. The number of carbonyl (C=O) groups is 5. The minimum absolute atomic E-state index is 0.0365. The Morgan fingerprint density at radius 3 is 1.72 bits per heavy atom. The van der Waals surface area contributed by atoms with Gasteiger partial charge in [0.15, 0.2) is 0 Å². The van der Waals surface area contributed by atoms with Crippen LogP contribution in [0.4, 0.5) is 0 Å². The summed E-state index contributed by atoms with van der Waals surface area (Å²) in [4.78, 5) is 81.2. The maximum Gasteiger partial charge on any atom is 0.317 e. The van der Waals surface area contributed by atoms with E-state index in [1.54, 1.807) is 43.5 Å². The van der Waals surface area contributed by atoms with E-state index in [1.165, 1.54) is 0 Å². The highest BCUT2D eigenvalue weighted by molar-refractivity contribution is 7.98. The number of aliphatic carboxylic acids is 3. The van der Waals surface area contributed by atoms with E-state index in [2.05, 4.69) is 5.32 Å². The second-order valence-corrected chi connectivity index (χ2v) is 12.7. The van der Waals surface area contributed by atoms with Crippen molar-refractivity contribution < 1.29 is 44.1 Å². The summed E-state index contributed by atoms with van der Waals surface area (Å²) in [5.74, 6) is -2.84. The quantitative estimate of drug-likeness (QED) is 0.188. The molecule has 2 aliphatic rings. The van der Waals surface area contributed by atoms with Gasteiger partial charge < -0.3 is 25.5 Å². The van der Waals surface area contributed by atoms with Crippen LogP contribution in [0.15, 0.2) is 18.2 Å². The van der Waals surface area contributed by atoms with Crippen LogP contribution in [-0.4, -0.2) is 179 Å². The Hall–Kier alpha value is -3.57. The lowest BCUT2D eigenvalue weighted by atomic mass is 9.93. The monoisotopic (exact) mass is 677 g/mol. The second-order valence-electron chi connectivity index (χ2n) is 11.7. The highest BCUT2D eigenvalue weighted by Gasteiger charge is 2.27. The predicted molar refractivity (Wildman–Crippen MR) is 174 cm³/mol. The average molecular weight is 678 g/mol. The van der Waals surface area contributed by atoms with E-state index in [1.807, 2.05) is 23.5 Å². The van der Waals surface area contributed by atoms with Crippen LogP contribution in [-0.2, 0) is 36.9 Å². The molecule has 3 rings (SSSR count). The smallest absolute Gasteiger partial charge is 0.317 e. The molecule has 1 aromatic carbocycles. The molecule has 15 nitrogen and oxygen atoms in total. The fourth-order valence-electron chi connectivity index (χ4n) is 5.74. The summed E-state index contributed by atoms with van der Waals surface area (Å²) in [6.45, 7) is 2.49. The molecule has 0 saturated carbocycles. The molecule has 2 amide bonds. The second kappa shape index (κ2) is 19.3. The summed E-state index contributed by atoms with van der Waals surface area (Å²) in [6, 6.07) is 4.64. The first-order chi connectivity index (χ1) is 22.5. The lowest BCUT2D eigenvalue weighted by Crippen LogP contribution is -2.50. The van der Waals surface area contributed by atoms with Crippen molar-refractivity contribution in [2.75, 3.05) is 97.1 Å². The fourth-order valence-corrected chi connectivity index (χ4v) is 6.21. The predicted octanol–water partition coefficient (Wildman–Crippen LogP) is -0.992. The molecule has 259 valence electrons. The molecule has 0 bridgehead atoms. The standard InChI is InChI=1S/C31H45N6O9S/c1-47-16-6-24(22-38)32-31(46)26-4-2-3-23-17-37(7-5-25(23)26)27(39)18-33-8-10-34(19-28(40)41)12-14-36(21-30(44)45)15-13-35(11-9-33)20-29(42)43/h2-4,24H,5-21H2,1H3,(H,32,46)(H,40,41)(H,42,43)(H,44,45)/t24-/m0/s1. The third kappa shape index (κ3) is 12.9. The number of rotatable bonds is 14. The molecule has 1 atom stereocenters. The summed E-state index contributed by atoms with van der Waals surface area (Å²) in [6.07, 6.45) is 4.75. The number of nitrogens with zero attached hydrogens (tertiary/aromatic N) is 5. The third-order valence-corrected chi connectivity index (χ3v) is 8.93. The van der Waals surface area contributed by atoms with Crippen LogP contribution in [0.1, 0.15) is 27.9 Å². The van der Waals surface area contributed by atoms with Crippen molar-refractivity contribution in [2.24, 2.45) is 0 Å². The number of carbonyl (C=O) groups excluding carboxylic acids is 3. The number of hydrogen-bond acceptors (Lipinski definition) is 11. The molecule has 1 fully saturated rings. The molecule has 1 aromatic rings. The molecular weight excluding hydrogens is 632 g/mol. The maximum absolute atomic E-state index is 13.6. The van der Waals surface area contributed by atoms with E-state index < -0.39 is 23.9 Å². The van der Waals surface area contributed by atoms with E-state index >= 15 is 0 Å². The van der Waals surface area contributed by atoms with Gasteiger partial charge in [0.1, 0.15) is 0 Å².